The summed E-state index contributed by atoms with van der Waals surface area (Å²) in [5.74, 6) is -1.43. The highest BCUT2D eigenvalue weighted by Crippen LogP contribution is 2.06. The molecule has 8 N–H and O–H groups in total. The van der Waals surface area contributed by atoms with Gasteiger partial charge in [-0.1, -0.05) is 0 Å². The molecule has 0 bridgehead atoms. The number of unbranched alkanes of at least 4 members (excludes halogenated alkanes) is 1. The van der Waals surface area contributed by atoms with E-state index in [4.69, 9.17) is 11.5 Å². The smallest absolute Gasteiger partial charge is 0.253 e. The maximum Gasteiger partial charge on any atom is 0.253 e. The van der Waals surface area contributed by atoms with Crippen LogP contribution in [0.5, 0.6) is 0 Å². The van der Waals surface area contributed by atoms with Gasteiger partial charge < -0.3 is 32.7 Å². The Hall–Kier alpha value is -3.70. The Bertz CT molecular complexity index is 827. The molecule has 4 amide bonds. The van der Waals surface area contributed by atoms with Crippen LogP contribution in [-0.2, 0) is 14.4 Å². The Kier molecular flexibility index (Phi) is 13.3. The minimum Gasteiger partial charge on any atom is -0.370 e. The predicted molar refractivity (Wildman–Crippen MR) is 129 cm³/mol. The number of rotatable bonds is 15. The van der Waals surface area contributed by atoms with E-state index in [2.05, 4.69) is 31.2 Å². The molecule has 0 fully saturated rings. The third-order valence-corrected chi connectivity index (χ3v) is 4.77. The fraction of sp³-hybridized carbons (Fsp3) is 0.545. The first-order valence-corrected chi connectivity index (χ1v) is 11.3. The van der Waals surface area contributed by atoms with E-state index >= 15 is 0 Å². The van der Waals surface area contributed by atoms with E-state index in [1.165, 1.54) is 13.1 Å². The molecular formula is C22H36N8O4. The summed E-state index contributed by atoms with van der Waals surface area (Å²) >= 11 is 0. The molecule has 0 aliphatic rings. The zero-order valence-corrected chi connectivity index (χ0v) is 19.8. The lowest BCUT2D eigenvalue weighted by atomic mass is 10.1. The van der Waals surface area contributed by atoms with Crippen LogP contribution < -0.4 is 32.7 Å². The van der Waals surface area contributed by atoms with Gasteiger partial charge in [0, 0.05) is 39.0 Å². The first-order chi connectivity index (χ1) is 16.2. The number of pyridine rings is 1. The number of amides is 4. The van der Waals surface area contributed by atoms with Crippen LogP contribution in [0.3, 0.4) is 0 Å². The molecule has 34 heavy (non-hydrogen) atoms. The molecule has 0 saturated heterocycles. The molecule has 0 spiro atoms. The molecule has 1 aromatic rings. The van der Waals surface area contributed by atoms with Crippen molar-refractivity contribution in [3.63, 3.8) is 0 Å². The van der Waals surface area contributed by atoms with Crippen LogP contribution in [0.4, 0.5) is 0 Å². The lowest BCUT2D eigenvalue weighted by Gasteiger charge is -2.23. The van der Waals surface area contributed by atoms with Crippen molar-refractivity contribution in [2.45, 2.75) is 58.0 Å². The average Bonchev–Trinajstić information content (AvgIpc) is 2.80. The van der Waals surface area contributed by atoms with Crippen LogP contribution in [-0.4, -0.2) is 66.3 Å². The molecule has 0 aliphatic carbocycles. The maximum absolute atomic E-state index is 13.1. The standard InChI is InChI=1S/C22H36N8O4/c1-3-26-20(33)17(10-7-13-28-22(23)24)30-21(34)18(9-4-5-12-27-15(2)31)29-19(32)16-8-6-11-25-14-16/h6,8,11,14,17-18H,3-5,7,9-10,12-13H2,1-2H3,(H,26,33)(H,27,31)(H,29,32)(H,30,34)(H4,23,24,28)/t17-,18-/m1/s1. The molecule has 0 saturated carbocycles. The van der Waals surface area contributed by atoms with Gasteiger partial charge in [-0.25, -0.2) is 0 Å². The largest absolute Gasteiger partial charge is 0.370 e. The van der Waals surface area contributed by atoms with Crippen LogP contribution in [0, 0.1) is 0 Å². The van der Waals surface area contributed by atoms with E-state index < -0.39 is 23.9 Å². The summed E-state index contributed by atoms with van der Waals surface area (Å²) in [7, 11) is 0. The van der Waals surface area contributed by atoms with Gasteiger partial charge in [0.15, 0.2) is 5.96 Å². The summed E-state index contributed by atoms with van der Waals surface area (Å²) in [6.07, 6.45) is 5.27. The highest BCUT2D eigenvalue weighted by Gasteiger charge is 2.26. The summed E-state index contributed by atoms with van der Waals surface area (Å²) in [6.45, 7) is 4.40. The molecule has 2 atom stereocenters. The van der Waals surface area contributed by atoms with Crippen molar-refractivity contribution in [2.75, 3.05) is 19.6 Å². The normalized spacial score (nSPS) is 12.1. The van der Waals surface area contributed by atoms with Crippen molar-refractivity contribution in [3.05, 3.63) is 30.1 Å². The Morgan fingerprint density at radius 2 is 1.71 bits per heavy atom. The van der Waals surface area contributed by atoms with Gasteiger partial charge in [-0.05, 0) is 51.2 Å². The minimum absolute atomic E-state index is 0.0453. The third kappa shape index (κ3) is 11.8. The topological polar surface area (TPSA) is 194 Å². The zero-order chi connectivity index (χ0) is 25.3. The molecule has 1 rings (SSSR count). The van der Waals surface area contributed by atoms with Gasteiger partial charge in [-0.2, -0.15) is 0 Å². The van der Waals surface area contributed by atoms with Crippen LogP contribution in [0.1, 0.15) is 56.3 Å². The molecule has 12 heteroatoms. The number of nitrogens with one attached hydrogen (secondary N) is 4. The molecule has 0 radical (unpaired) electrons. The quantitative estimate of drug-likeness (QED) is 0.108. The van der Waals surface area contributed by atoms with Crippen molar-refractivity contribution in [2.24, 2.45) is 16.5 Å². The molecule has 1 aromatic heterocycles. The lowest BCUT2D eigenvalue weighted by Crippen LogP contribution is -2.53. The summed E-state index contributed by atoms with van der Waals surface area (Å²) in [4.78, 5) is 57.1. The number of hydrogen-bond acceptors (Lipinski definition) is 6. The summed E-state index contributed by atoms with van der Waals surface area (Å²) in [5, 5.41) is 10.9. The second-order valence-electron chi connectivity index (χ2n) is 7.65. The van der Waals surface area contributed by atoms with Crippen LogP contribution in [0.2, 0.25) is 0 Å². The van der Waals surface area contributed by atoms with Crippen LogP contribution in [0.25, 0.3) is 0 Å². The van der Waals surface area contributed by atoms with Crippen molar-refractivity contribution in [1.82, 2.24) is 26.3 Å². The lowest BCUT2D eigenvalue weighted by molar-refractivity contribution is -0.130. The molecule has 0 unspecified atom stereocenters. The van der Waals surface area contributed by atoms with E-state index in [0.717, 1.165) is 0 Å². The fourth-order valence-electron chi connectivity index (χ4n) is 3.09. The number of aliphatic imine (C=N–C) groups is 1. The zero-order valence-electron chi connectivity index (χ0n) is 19.8. The van der Waals surface area contributed by atoms with Crippen molar-refractivity contribution < 1.29 is 19.2 Å². The van der Waals surface area contributed by atoms with Crippen LogP contribution >= 0.6 is 0 Å². The first-order valence-electron chi connectivity index (χ1n) is 11.3. The highest BCUT2D eigenvalue weighted by atomic mass is 16.2. The summed E-state index contributed by atoms with van der Waals surface area (Å²) in [5.41, 5.74) is 11.0. The van der Waals surface area contributed by atoms with E-state index in [1.54, 1.807) is 25.3 Å². The number of nitrogens with two attached hydrogens (primary N) is 2. The maximum atomic E-state index is 13.1. The average molecular weight is 477 g/mol. The fourth-order valence-corrected chi connectivity index (χ4v) is 3.09. The Morgan fingerprint density at radius 3 is 2.32 bits per heavy atom. The SMILES string of the molecule is CCNC(=O)[C@@H](CCCN=C(N)N)NC(=O)[C@@H](CCCCNC(C)=O)NC(=O)c1cccnc1. The number of hydrogen-bond donors (Lipinski definition) is 6. The van der Waals surface area contributed by atoms with E-state index in [1.807, 2.05) is 0 Å². The Morgan fingerprint density at radius 1 is 1.00 bits per heavy atom. The number of guanidine groups is 1. The van der Waals surface area contributed by atoms with Crippen molar-refractivity contribution in [3.8, 4) is 0 Å². The second-order valence-corrected chi connectivity index (χ2v) is 7.65. The van der Waals surface area contributed by atoms with E-state index in [0.29, 0.717) is 57.3 Å². The van der Waals surface area contributed by atoms with Crippen molar-refractivity contribution >= 4 is 29.6 Å². The predicted octanol–water partition coefficient (Wildman–Crippen LogP) is -0.839. The van der Waals surface area contributed by atoms with Gasteiger partial charge in [0.2, 0.25) is 17.7 Å². The van der Waals surface area contributed by atoms with E-state index in [9.17, 15) is 19.2 Å². The third-order valence-electron chi connectivity index (χ3n) is 4.77. The minimum atomic E-state index is -0.875. The first kappa shape index (κ1) is 28.3. The number of aromatic nitrogens is 1. The monoisotopic (exact) mass is 476 g/mol. The van der Waals surface area contributed by atoms with Gasteiger partial charge in [0.1, 0.15) is 12.1 Å². The molecule has 12 nitrogen and oxygen atoms in total. The molecule has 188 valence electrons. The number of carbonyl (C=O) groups is 4. The van der Waals surface area contributed by atoms with Crippen molar-refractivity contribution in [1.29, 1.82) is 0 Å². The summed E-state index contributed by atoms with van der Waals surface area (Å²) in [6, 6.07) is 1.53. The Balaban J connectivity index is 2.86. The van der Waals surface area contributed by atoms with Gasteiger partial charge in [-0.3, -0.25) is 29.2 Å². The number of likely N-dealkylation sites (N-methyl/N-ethyl adjacent to an activating group) is 1. The Labute approximate surface area is 199 Å². The molecular weight excluding hydrogens is 440 g/mol. The molecule has 1 heterocycles. The number of carbonyl (C=O) groups excluding carboxylic acids is 4. The second kappa shape index (κ2) is 16.0. The van der Waals surface area contributed by atoms with Gasteiger partial charge in [-0.15, -0.1) is 0 Å². The van der Waals surface area contributed by atoms with E-state index in [-0.39, 0.29) is 17.8 Å². The summed E-state index contributed by atoms with van der Waals surface area (Å²) < 4.78 is 0. The van der Waals surface area contributed by atoms with Gasteiger partial charge >= 0.3 is 0 Å². The molecule has 0 aliphatic heterocycles. The van der Waals surface area contributed by atoms with Gasteiger partial charge in [0.25, 0.3) is 5.91 Å². The molecule has 0 aromatic carbocycles. The highest BCUT2D eigenvalue weighted by molar-refractivity contribution is 5.98. The number of nitrogens with zero attached hydrogens (tertiary/aromatic N) is 2. The van der Waals surface area contributed by atoms with Gasteiger partial charge in [0.05, 0.1) is 5.56 Å². The van der Waals surface area contributed by atoms with Crippen LogP contribution in [0.15, 0.2) is 29.5 Å².